The van der Waals surface area contributed by atoms with Gasteiger partial charge in [0.05, 0.1) is 5.70 Å². The molecule has 1 aliphatic carbocycles. The molecular weight excluding hydrogens is 402 g/mol. The van der Waals surface area contributed by atoms with E-state index in [0.717, 1.165) is 25.2 Å². The molecular formula is C31H41NO. The Balaban J connectivity index is 0.000000292. The quantitative estimate of drug-likeness (QED) is 0.401. The number of anilines is 1. The fourth-order valence-electron chi connectivity index (χ4n) is 5.11. The van der Waals surface area contributed by atoms with E-state index in [2.05, 4.69) is 86.1 Å². The highest BCUT2D eigenvalue weighted by Crippen LogP contribution is 2.33. The molecule has 2 aromatic rings. The van der Waals surface area contributed by atoms with Crippen LogP contribution in [0.5, 0.6) is 0 Å². The van der Waals surface area contributed by atoms with Gasteiger partial charge >= 0.3 is 0 Å². The van der Waals surface area contributed by atoms with Gasteiger partial charge in [-0.25, -0.2) is 0 Å². The number of Topliss-reactive ketones (excluding diaryl/α,β-unsaturated/α-hetero) is 1. The van der Waals surface area contributed by atoms with Crippen LogP contribution in [0.1, 0.15) is 88.8 Å². The van der Waals surface area contributed by atoms with E-state index in [1.54, 1.807) is 6.92 Å². The maximum Gasteiger partial charge on any atom is 0.130 e. The van der Waals surface area contributed by atoms with Crippen molar-refractivity contribution in [2.75, 3.05) is 11.9 Å². The third-order valence-electron chi connectivity index (χ3n) is 7.18. The lowest BCUT2D eigenvalue weighted by molar-refractivity contribution is -0.117. The third-order valence-corrected chi connectivity index (χ3v) is 7.18. The largest absolute Gasteiger partial charge is 0.337 e. The van der Waals surface area contributed by atoms with Crippen LogP contribution in [0.25, 0.3) is 11.8 Å². The number of carbonyl (C=O) groups excluding carboxylic acids is 1. The zero-order chi connectivity index (χ0) is 23.6. The first-order valence-electron chi connectivity index (χ1n) is 12.9. The summed E-state index contributed by atoms with van der Waals surface area (Å²) in [6, 6.07) is 17.6. The zero-order valence-electron chi connectivity index (χ0n) is 21.1. The minimum atomic E-state index is 0.323. The summed E-state index contributed by atoms with van der Waals surface area (Å²) in [5.74, 6) is 1.83. The van der Waals surface area contributed by atoms with Crippen molar-refractivity contribution in [2.24, 2.45) is 11.8 Å². The minimum absolute atomic E-state index is 0.323. The highest BCUT2D eigenvalue weighted by molar-refractivity contribution is 5.88. The van der Waals surface area contributed by atoms with E-state index in [-0.39, 0.29) is 0 Å². The Labute approximate surface area is 201 Å². The molecule has 1 aliphatic heterocycles. The first-order valence-corrected chi connectivity index (χ1v) is 12.9. The topological polar surface area (TPSA) is 20.3 Å². The van der Waals surface area contributed by atoms with E-state index in [4.69, 9.17) is 0 Å². The SMILES string of the molecule is CCC(CC)CC(C)=O.CN1C(c2cccc(CC3CCCCC3)c2)=C=Cc2ccccc21. The van der Waals surface area contributed by atoms with Crippen molar-refractivity contribution in [1.82, 2.24) is 0 Å². The molecule has 2 aliphatic rings. The van der Waals surface area contributed by atoms with Gasteiger partial charge in [-0.3, -0.25) is 0 Å². The lowest BCUT2D eigenvalue weighted by Crippen LogP contribution is -2.17. The molecule has 1 fully saturated rings. The monoisotopic (exact) mass is 443 g/mol. The maximum absolute atomic E-state index is 10.6. The van der Waals surface area contributed by atoms with Crippen molar-refractivity contribution in [2.45, 2.75) is 78.6 Å². The van der Waals surface area contributed by atoms with E-state index in [9.17, 15) is 4.79 Å². The Hall–Kier alpha value is -2.57. The van der Waals surface area contributed by atoms with E-state index in [0.29, 0.717) is 11.7 Å². The van der Waals surface area contributed by atoms with E-state index in [1.165, 1.54) is 66.6 Å². The van der Waals surface area contributed by atoms with Crippen molar-refractivity contribution >= 4 is 23.2 Å². The number of carbonyl (C=O) groups is 1. The molecule has 0 saturated heterocycles. The van der Waals surface area contributed by atoms with Gasteiger partial charge < -0.3 is 9.69 Å². The van der Waals surface area contributed by atoms with E-state index < -0.39 is 0 Å². The number of rotatable bonds is 7. The van der Waals surface area contributed by atoms with Gasteiger partial charge in [0.25, 0.3) is 0 Å². The predicted octanol–water partition coefficient (Wildman–Crippen LogP) is 8.31. The smallest absolute Gasteiger partial charge is 0.130 e. The Kier molecular flexibility index (Phi) is 9.58. The van der Waals surface area contributed by atoms with Crippen LogP contribution in [0.15, 0.2) is 54.3 Å². The second kappa shape index (κ2) is 12.6. The number of hydrogen-bond donors (Lipinski definition) is 0. The highest BCUT2D eigenvalue weighted by Gasteiger charge is 2.17. The lowest BCUT2D eigenvalue weighted by Gasteiger charge is -2.26. The molecule has 0 spiro atoms. The zero-order valence-corrected chi connectivity index (χ0v) is 21.1. The molecule has 0 bridgehead atoms. The summed E-state index contributed by atoms with van der Waals surface area (Å²) >= 11 is 0. The number of nitrogens with zero attached hydrogens (tertiary/aromatic N) is 1. The average Bonchev–Trinajstić information content (AvgIpc) is 2.84. The Morgan fingerprint density at radius 3 is 2.42 bits per heavy atom. The molecule has 0 amide bonds. The molecule has 33 heavy (non-hydrogen) atoms. The molecule has 0 aromatic heterocycles. The Morgan fingerprint density at radius 1 is 1.03 bits per heavy atom. The Bertz CT molecular complexity index is 972. The molecule has 1 heterocycles. The van der Waals surface area contributed by atoms with Crippen LogP contribution < -0.4 is 4.90 Å². The van der Waals surface area contributed by atoms with Crippen LogP contribution in [0.2, 0.25) is 0 Å². The van der Waals surface area contributed by atoms with Gasteiger partial charge in [-0.1, -0.05) is 101 Å². The number of benzene rings is 2. The fourth-order valence-corrected chi connectivity index (χ4v) is 5.11. The summed E-state index contributed by atoms with van der Waals surface area (Å²) in [4.78, 5) is 12.8. The normalized spacial score (nSPS) is 15.5. The van der Waals surface area contributed by atoms with Gasteiger partial charge in [0.15, 0.2) is 0 Å². The average molecular weight is 444 g/mol. The summed E-state index contributed by atoms with van der Waals surface area (Å²) in [5.41, 5.74) is 9.90. The molecule has 4 rings (SSSR count). The number of hydrogen-bond acceptors (Lipinski definition) is 2. The van der Waals surface area contributed by atoms with Crippen LogP contribution >= 0.6 is 0 Å². The lowest BCUT2D eigenvalue weighted by atomic mass is 9.84. The van der Waals surface area contributed by atoms with Crippen LogP contribution in [-0.4, -0.2) is 12.8 Å². The van der Waals surface area contributed by atoms with Crippen molar-refractivity contribution in [1.29, 1.82) is 0 Å². The Morgan fingerprint density at radius 2 is 1.76 bits per heavy atom. The summed E-state index contributed by atoms with van der Waals surface area (Å²) < 4.78 is 0. The number of para-hydroxylation sites is 1. The van der Waals surface area contributed by atoms with Crippen LogP contribution in [-0.2, 0) is 11.2 Å². The minimum Gasteiger partial charge on any atom is -0.337 e. The van der Waals surface area contributed by atoms with Crippen LogP contribution in [0.3, 0.4) is 0 Å². The summed E-state index contributed by atoms with van der Waals surface area (Å²) in [6.07, 6.45) is 13.4. The van der Waals surface area contributed by atoms with Gasteiger partial charge in [0, 0.05) is 30.3 Å². The molecule has 0 atom stereocenters. The molecule has 0 unspecified atom stereocenters. The second-order valence-electron chi connectivity index (χ2n) is 9.75. The first-order chi connectivity index (χ1) is 16.0. The van der Waals surface area contributed by atoms with Crippen molar-refractivity contribution < 1.29 is 4.79 Å². The van der Waals surface area contributed by atoms with Crippen LogP contribution in [0, 0.1) is 11.8 Å². The van der Waals surface area contributed by atoms with E-state index in [1.807, 2.05) is 0 Å². The van der Waals surface area contributed by atoms with Gasteiger partial charge in [-0.15, -0.1) is 0 Å². The third kappa shape index (κ3) is 7.21. The van der Waals surface area contributed by atoms with Crippen LogP contribution in [0.4, 0.5) is 5.69 Å². The summed E-state index contributed by atoms with van der Waals surface area (Å²) in [6.45, 7) is 5.94. The van der Waals surface area contributed by atoms with Gasteiger partial charge in [-0.2, -0.15) is 0 Å². The highest BCUT2D eigenvalue weighted by atomic mass is 16.1. The van der Waals surface area contributed by atoms with Gasteiger partial charge in [-0.05, 0) is 49.0 Å². The molecule has 2 aromatic carbocycles. The molecule has 2 heteroatoms. The molecule has 0 radical (unpaired) electrons. The summed E-state index contributed by atoms with van der Waals surface area (Å²) in [5, 5.41) is 0. The predicted molar refractivity (Wildman–Crippen MR) is 142 cm³/mol. The maximum atomic E-state index is 10.6. The van der Waals surface area contributed by atoms with E-state index >= 15 is 0 Å². The number of ketones is 1. The van der Waals surface area contributed by atoms with Crippen molar-refractivity contribution in [3.8, 4) is 0 Å². The fraction of sp³-hybridized carbons (Fsp3) is 0.484. The molecule has 1 saturated carbocycles. The first kappa shape index (κ1) is 25.1. The van der Waals surface area contributed by atoms with Gasteiger partial charge in [0.1, 0.15) is 5.78 Å². The molecule has 0 N–H and O–H groups in total. The standard InChI is InChI=1S/C23H25N.C8H16O/c1-24-22-13-6-5-11-20(22)14-15-23(24)21-12-7-10-19(17-21)16-18-8-3-2-4-9-18;1-4-8(5-2)6-7(3)9/h5-7,10-14,17-18H,2-4,8-9,16H2,1H3;8H,4-6H2,1-3H3. The summed E-state index contributed by atoms with van der Waals surface area (Å²) in [7, 11) is 2.14. The van der Waals surface area contributed by atoms with Gasteiger partial charge in [0.2, 0.25) is 0 Å². The molecule has 2 nitrogen and oxygen atoms in total. The van der Waals surface area contributed by atoms with Crippen molar-refractivity contribution in [3.63, 3.8) is 0 Å². The molecule has 176 valence electrons. The van der Waals surface area contributed by atoms with Crippen molar-refractivity contribution in [3.05, 3.63) is 71.0 Å². The number of fused-ring (bicyclic) bond motifs is 1. The second-order valence-corrected chi connectivity index (χ2v) is 9.75.